The minimum absolute atomic E-state index is 0.00385. The van der Waals surface area contributed by atoms with Gasteiger partial charge in [-0.3, -0.25) is 0 Å². The van der Waals surface area contributed by atoms with Crippen molar-refractivity contribution < 1.29 is 14.9 Å². The maximum absolute atomic E-state index is 9.20. The second-order valence-corrected chi connectivity index (χ2v) is 3.88. The van der Waals surface area contributed by atoms with E-state index in [2.05, 4.69) is 10.3 Å². The van der Waals surface area contributed by atoms with Crippen LogP contribution in [0.1, 0.15) is 36.8 Å². The molecule has 1 aliphatic rings. The normalized spacial score (nSPS) is 20.5. The van der Waals surface area contributed by atoms with Gasteiger partial charge in [0.25, 0.3) is 0 Å². The smallest absolute Gasteiger partial charge is 0.114 e. The number of ether oxygens (including phenoxy) is 1. The van der Waals surface area contributed by atoms with Crippen molar-refractivity contribution in [2.24, 2.45) is 0 Å². The van der Waals surface area contributed by atoms with E-state index in [4.69, 9.17) is 9.84 Å². The van der Waals surface area contributed by atoms with Crippen molar-refractivity contribution in [2.75, 3.05) is 13.2 Å². The van der Waals surface area contributed by atoms with Crippen LogP contribution in [-0.2, 0) is 17.9 Å². The molecular formula is C10H17N3O3. The number of hydrogen-bond donors (Lipinski definition) is 2. The predicted octanol–water partition coefficient (Wildman–Crippen LogP) is 0.00430. The molecular weight excluding hydrogens is 210 g/mol. The van der Waals surface area contributed by atoms with Crippen LogP contribution in [0.25, 0.3) is 0 Å². The highest BCUT2D eigenvalue weighted by atomic mass is 16.5. The number of hydrogen-bond acceptors (Lipinski definition) is 5. The molecule has 0 aliphatic carbocycles. The Balaban J connectivity index is 2.19. The third-order valence-electron chi connectivity index (χ3n) is 2.76. The van der Waals surface area contributed by atoms with Gasteiger partial charge in [-0.2, -0.15) is 0 Å². The molecule has 0 amide bonds. The molecule has 0 bridgehead atoms. The molecule has 1 unspecified atom stereocenters. The number of nitrogens with zero attached hydrogens (tertiary/aromatic N) is 3. The lowest BCUT2D eigenvalue weighted by atomic mass is 10.1. The number of rotatable bonds is 5. The van der Waals surface area contributed by atoms with Crippen LogP contribution < -0.4 is 0 Å². The lowest BCUT2D eigenvalue weighted by Gasteiger charge is -2.12. The molecule has 2 N–H and O–H groups in total. The van der Waals surface area contributed by atoms with E-state index in [-0.39, 0.29) is 19.3 Å². The van der Waals surface area contributed by atoms with Crippen LogP contribution in [0.5, 0.6) is 0 Å². The second kappa shape index (κ2) is 5.38. The Morgan fingerprint density at radius 3 is 2.94 bits per heavy atom. The van der Waals surface area contributed by atoms with Gasteiger partial charge in [0, 0.05) is 19.8 Å². The largest absolute Gasteiger partial charge is 0.396 e. The molecule has 90 valence electrons. The molecule has 2 heterocycles. The molecule has 0 saturated carbocycles. The fraction of sp³-hybridized carbons (Fsp3) is 0.800. The molecule has 1 fully saturated rings. The summed E-state index contributed by atoms with van der Waals surface area (Å²) in [5.41, 5.74) is 1.46. The third-order valence-corrected chi connectivity index (χ3v) is 2.76. The first-order valence-corrected chi connectivity index (χ1v) is 5.62. The average molecular weight is 227 g/mol. The molecule has 16 heavy (non-hydrogen) atoms. The Morgan fingerprint density at radius 2 is 2.31 bits per heavy atom. The fourth-order valence-corrected chi connectivity index (χ4v) is 2.00. The SMILES string of the molecule is OCCCn1nnc(CO)c1C1CCCO1. The lowest BCUT2D eigenvalue weighted by Crippen LogP contribution is -2.11. The van der Waals surface area contributed by atoms with Crippen LogP contribution in [0.15, 0.2) is 0 Å². The van der Waals surface area contributed by atoms with Gasteiger partial charge >= 0.3 is 0 Å². The summed E-state index contributed by atoms with van der Waals surface area (Å²) in [5.74, 6) is 0. The van der Waals surface area contributed by atoms with Crippen molar-refractivity contribution >= 4 is 0 Å². The Labute approximate surface area is 93.8 Å². The van der Waals surface area contributed by atoms with E-state index in [1.807, 2.05) is 0 Å². The summed E-state index contributed by atoms with van der Waals surface area (Å²) in [6.45, 7) is 1.37. The van der Waals surface area contributed by atoms with Crippen LogP contribution >= 0.6 is 0 Å². The van der Waals surface area contributed by atoms with Crippen molar-refractivity contribution in [3.05, 3.63) is 11.4 Å². The van der Waals surface area contributed by atoms with Crippen molar-refractivity contribution in [1.82, 2.24) is 15.0 Å². The van der Waals surface area contributed by atoms with Crippen molar-refractivity contribution in [1.29, 1.82) is 0 Å². The number of aryl methyl sites for hydroxylation is 1. The van der Waals surface area contributed by atoms with Gasteiger partial charge in [-0.25, -0.2) is 4.68 Å². The number of aliphatic hydroxyl groups excluding tert-OH is 2. The molecule has 0 aromatic carbocycles. The molecule has 1 saturated heterocycles. The zero-order valence-corrected chi connectivity index (χ0v) is 9.17. The standard InChI is InChI=1S/C10H17N3O3/c14-5-2-4-13-10(8(7-15)11-12-13)9-3-1-6-16-9/h9,14-15H,1-7H2. The summed E-state index contributed by atoms with van der Waals surface area (Å²) >= 11 is 0. The van der Waals surface area contributed by atoms with Crippen LogP contribution in [0.2, 0.25) is 0 Å². The zero-order chi connectivity index (χ0) is 11.4. The zero-order valence-electron chi connectivity index (χ0n) is 9.17. The molecule has 6 nitrogen and oxygen atoms in total. The van der Waals surface area contributed by atoms with Gasteiger partial charge in [-0.05, 0) is 19.3 Å². The van der Waals surface area contributed by atoms with Crippen LogP contribution in [-0.4, -0.2) is 38.4 Å². The summed E-state index contributed by atoms with van der Waals surface area (Å²) in [5, 5.41) is 25.9. The number of aliphatic hydroxyl groups is 2. The first-order chi connectivity index (χ1) is 7.86. The number of aromatic nitrogens is 3. The highest BCUT2D eigenvalue weighted by Gasteiger charge is 2.25. The first kappa shape index (κ1) is 11.5. The maximum Gasteiger partial charge on any atom is 0.114 e. The van der Waals surface area contributed by atoms with Crippen molar-refractivity contribution in [3.63, 3.8) is 0 Å². The molecule has 1 aromatic heterocycles. The maximum atomic E-state index is 9.20. The second-order valence-electron chi connectivity index (χ2n) is 3.88. The van der Waals surface area contributed by atoms with Crippen LogP contribution in [0.3, 0.4) is 0 Å². The third kappa shape index (κ3) is 2.23. The minimum atomic E-state index is -0.117. The molecule has 0 radical (unpaired) electrons. The van der Waals surface area contributed by atoms with Gasteiger partial charge in [-0.15, -0.1) is 5.10 Å². The monoisotopic (exact) mass is 227 g/mol. The molecule has 6 heteroatoms. The Morgan fingerprint density at radius 1 is 1.44 bits per heavy atom. The summed E-state index contributed by atoms with van der Waals surface area (Å²) in [6.07, 6.45) is 2.60. The topological polar surface area (TPSA) is 80.4 Å². The first-order valence-electron chi connectivity index (χ1n) is 5.62. The van der Waals surface area contributed by atoms with E-state index < -0.39 is 0 Å². The summed E-state index contributed by atoms with van der Waals surface area (Å²) in [4.78, 5) is 0. The van der Waals surface area contributed by atoms with Crippen LogP contribution in [0.4, 0.5) is 0 Å². The van der Waals surface area contributed by atoms with Gasteiger partial charge in [0.2, 0.25) is 0 Å². The van der Waals surface area contributed by atoms with E-state index in [9.17, 15) is 5.11 Å². The predicted molar refractivity (Wildman–Crippen MR) is 55.6 cm³/mol. The average Bonchev–Trinajstić information content (AvgIpc) is 2.94. The molecule has 1 aromatic rings. The van der Waals surface area contributed by atoms with E-state index in [0.29, 0.717) is 18.7 Å². The van der Waals surface area contributed by atoms with E-state index in [0.717, 1.165) is 25.1 Å². The van der Waals surface area contributed by atoms with E-state index >= 15 is 0 Å². The Kier molecular flexibility index (Phi) is 3.87. The van der Waals surface area contributed by atoms with E-state index in [1.165, 1.54) is 0 Å². The Bertz CT molecular complexity index is 334. The van der Waals surface area contributed by atoms with Gasteiger partial charge < -0.3 is 14.9 Å². The fourth-order valence-electron chi connectivity index (χ4n) is 2.00. The quantitative estimate of drug-likeness (QED) is 0.740. The molecule has 1 aliphatic heterocycles. The molecule has 2 rings (SSSR count). The van der Waals surface area contributed by atoms with Crippen LogP contribution in [0, 0.1) is 0 Å². The van der Waals surface area contributed by atoms with Crippen molar-refractivity contribution in [3.8, 4) is 0 Å². The van der Waals surface area contributed by atoms with Gasteiger partial charge in [0.05, 0.1) is 12.3 Å². The summed E-state index contributed by atoms with van der Waals surface area (Å²) in [6, 6.07) is 0. The minimum Gasteiger partial charge on any atom is -0.396 e. The van der Waals surface area contributed by atoms with Crippen molar-refractivity contribution in [2.45, 2.75) is 38.5 Å². The Hall–Kier alpha value is -0.980. The highest BCUT2D eigenvalue weighted by molar-refractivity contribution is 5.13. The summed E-state index contributed by atoms with van der Waals surface area (Å²) < 4.78 is 7.32. The summed E-state index contributed by atoms with van der Waals surface area (Å²) in [7, 11) is 0. The van der Waals surface area contributed by atoms with Gasteiger partial charge in [-0.1, -0.05) is 5.21 Å². The molecule has 1 atom stereocenters. The lowest BCUT2D eigenvalue weighted by molar-refractivity contribution is 0.102. The highest BCUT2D eigenvalue weighted by Crippen LogP contribution is 2.30. The van der Waals surface area contributed by atoms with Gasteiger partial charge in [0.1, 0.15) is 11.8 Å². The van der Waals surface area contributed by atoms with E-state index in [1.54, 1.807) is 4.68 Å². The van der Waals surface area contributed by atoms with Gasteiger partial charge in [0.15, 0.2) is 0 Å². The molecule has 0 spiro atoms.